The van der Waals surface area contributed by atoms with Crippen LogP contribution in [-0.2, 0) is 0 Å². The molecule has 1 saturated heterocycles. The Morgan fingerprint density at radius 2 is 2.07 bits per heavy atom. The average Bonchev–Trinajstić information content (AvgIpc) is 2.58. The molecule has 0 saturated carbocycles. The van der Waals surface area contributed by atoms with Gasteiger partial charge in [-0.05, 0) is 32.5 Å². The monoisotopic (exact) mass is 226 g/mol. The van der Waals surface area contributed by atoms with Crippen LogP contribution in [0.2, 0.25) is 0 Å². The Labute approximate surface area is 87.0 Å². The largest absolute Gasteiger partial charge is 0.397 e. The maximum Gasteiger partial charge on any atom is 0.397 e. The Morgan fingerprint density at radius 1 is 1.40 bits per heavy atom. The maximum absolute atomic E-state index is 12.7. The number of halogens is 3. The van der Waals surface area contributed by atoms with E-state index in [1.807, 2.05) is 0 Å². The summed E-state index contributed by atoms with van der Waals surface area (Å²) in [5, 5.41) is 8.92. The highest BCUT2D eigenvalue weighted by Gasteiger charge is 2.57. The van der Waals surface area contributed by atoms with Crippen molar-refractivity contribution in [3.05, 3.63) is 0 Å². The molecule has 0 aromatic heterocycles. The number of aliphatic hydroxyl groups is 1. The van der Waals surface area contributed by atoms with Gasteiger partial charge in [0.25, 0.3) is 0 Å². The first-order valence-corrected chi connectivity index (χ1v) is 5.05. The van der Waals surface area contributed by atoms with Crippen LogP contribution in [0.4, 0.5) is 13.2 Å². The van der Waals surface area contributed by atoms with E-state index in [-0.39, 0.29) is 13.0 Å². The third kappa shape index (κ3) is 2.62. The van der Waals surface area contributed by atoms with Crippen molar-refractivity contribution in [2.75, 3.05) is 32.8 Å². The third-order valence-electron chi connectivity index (χ3n) is 3.02. The van der Waals surface area contributed by atoms with E-state index in [9.17, 15) is 13.2 Å². The number of likely N-dealkylation sites (tertiary alicyclic amines) is 1. The summed E-state index contributed by atoms with van der Waals surface area (Å²) in [7, 11) is 0. The van der Waals surface area contributed by atoms with Gasteiger partial charge in [0.05, 0.1) is 6.61 Å². The van der Waals surface area contributed by atoms with Crippen LogP contribution >= 0.6 is 0 Å². The molecule has 0 bridgehead atoms. The summed E-state index contributed by atoms with van der Waals surface area (Å²) < 4.78 is 38.1. The molecule has 0 radical (unpaired) electrons. The van der Waals surface area contributed by atoms with Crippen LogP contribution in [-0.4, -0.2) is 49.0 Å². The van der Waals surface area contributed by atoms with Crippen molar-refractivity contribution in [1.82, 2.24) is 4.90 Å². The van der Waals surface area contributed by atoms with Crippen LogP contribution in [0, 0.1) is 5.41 Å². The van der Waals surface area contributed by atoms with Crippen LogP contribution in [0.25, 0.3) is 0 Å². The van der Waals surface area contributed by atoms with Crippen molar-refractivity contribution >= 4 is 0 Å². The van der Waals surface area contributed by atoms with Crippen LogP contribution in [0.1, 0.15) is 12.8 Å². The standard InChI is InChI=1S/C9H17F3N2O/c10-9(11,12)8(7-15)2-5-14(6-8)4-1-3-13/h15H,1-7,13H2. The first-order valence-electron chi connectivity index (χ1n) is 5.05. The van der Waals surface area contributed by atoms with Gasteiger partial charge in [0.1, 0.15) is 5.41 Å². The molecule has 3 nitrogen and oxygen atoms in total. The quantitative estimate of drug-likeness (QED) is 0.737. The molecule has 90 valence electrons. The lowest BCUT2D eigenvalue weighted by molar-refractivity contribution is -0.230. The lowest BCUT2D eigenvalue weighted by Gasteiger charge is -2.29. The summed E-state index contributed by atoms with van der Waals surface area (Å²) in [5.41, 5.74) is 3.38. The minimum Gasteiger partial charge on any atom is -0.395 e. The predicted molar refractivity (Wildman–Crippen MR) is 50.3 cm³/mol. The van der Waals surface area contributed by atoms with Gasteiger partial charge in [-0.3, -0.25) is 0 Å². The topological polar surface area (TPSA) is 49.5 Å². The highest BCUT2D eigenvalue weighted by molar-refractivity contribution is 4.94. The third-order valence-corrected chi connectivity index (χ3v) is 3.02. The summed E-state index contributed by atoms with van der Waals surface area (Å²) in [6.45, 7) is 0.520. The lowest BCUT2D eigenvalue weighted by atomic mass is 9.87. The molecule has 1 aliphatic heterocycles. The van der Waals surface area contributed by atoms with Crippen LogP contribution in [0.3, 0.4) is 0 Å². The molecule has 3 N–H and O–H groups in total. The SMILES string of the molecule is NCCCN1CCC(CO)(C(F)(F)F)C1. The highest BCUT2D eigenvalue weighted by atomic mass is 19.4. The summed E-state index contributed by atoms with van der Waals surface area (Å²) in [6, 6.07) is 0. The second-order valence-corrected chi connectivity index (χ2v) is 4.10. The van der Waals surface area contributed by atoms with Gasteiger partial charge in [0.15, 0.2) is 0 Å². The van der Waals surface area contributed by atoms with Gasteiger partial charge in [-0.1, -0.05) is 0 Å². The van der Waals surface area contributed by atoms with Crippen LogP contribution in [0.15, 0.2) is 0 Å². The molecule has 1 rings (SSSR count). The minimum absolute atomic E-state index is 0.0163. The Hall–Kier alpha value is -0.330. The number of hydrogen-bond acceptors (Lipinski definition) is 3. The molecule has 1 aliphatic rings. The van der Waals surface area contributed by atoms with Crippen molar-refractivity contribution in [3.8, 4) is 0 Å². The van der Waals surface area contributed by atoms with Gasteiger partial charge in [0, 0.05) is 6.54 Å². The van der Waals surface area contributed by atoms with Gasteiger partial charge in [-0.25, -0.2) is 0 Å². The van der Waals surface area contributed by atoms with Gasteiger partial charge >= 0.3 is 6.18 Å². The number of nitrogens with two attached hydrogens (primary N) is 1. The zero-order valence-corrected chi connectivity index (χ0v) is 8.56. The average molecular weight is 226 g/mol. The molecular weight excluding hydrogens is 209 g/mol. The molecule has 1 atom stereocenters. The van der Waals surface area contributed by atoms with Crippen molar-refractivity contribution in [2.45, 2.75) is 19.0 Å². The molecule has 0 aliphatic carbocycles. The van der Waals surface area contributed by atoms with Crippen molar-refractivity contribution in [2.24, 2.45) is 11.1 Å². The second-order valence-electron chi connectivity index (χ2n) is 4.10. The Kier molecular flexibility index (Phi) is 3.97. The summed E-state index contributed by atoms with van der Waals surface area (Å²) in [4.78, 5) is 1.72. The predicted octanol–water partition coefficient (Wildman–Crippen LogP) is 0.582. The summed E-state index contributed by atoms with van der Waals surface area (Å²) in [6.07, 6.45) is -3.64. The fourth-order valence-corrected chi connectivity index (χ4v) is 1.91. The van der Waals surface area contributed by atoms with E-state index in [1.165, 1.54) is 0 Å². The number of rotatable bonds is 4. The molecule has 6 heteroatoms. The van der Waals surface area contributed by atoms with Crippen LogP contribution in [0.5, 0.6) is 0 Å². The number of hydrogen-bond donors (Lipinski definition) is 2. The Balaban J connectivity index is 2.57. The smallest absolute Gasteiger partial charge is 0.395 e. The van der Waals surface area contributed by atoms with E-state index < -0.39 is 18.2 Å². The van der Waals surface area contributed by atoms with Crippen molar-refractivity contribution < 1.29 is 18.3 Å². The van der Waals surface area contributed by atoms with E-state index in [0.29, 0.717) is 26.1 Å². The fraction of sp³-hybridized carbons (Fsp3) is 1.00. The molecule has 1 unspecified atom stereocenters. The molecule has 15 heavy (non-hydrogen) atoms. The first kappa shape index (κ1) is 12.7. The Bertz CT molecular complexity index is 210. The van der Waals surface area contributed by atoms with E-state index in [4.69, 9.17) is 10.8 Å². The number of aliphatic hydroxyl groups excluding tert-OH is 1. The molecule has 1 heterocycles. The van der Waals surface area contributed by atoms with Gasteiger partial charge < -0.3 is 15.7 Å². The number of nitrogens with zero attached hydrogens (tertiary/aromatic N) is 1. The maximum atomic E-state index is 12.7. The van der Waals surface area contributed by atoms with Gasteiger partial charge in [-0.2, -0.15) is 13.2 Å². The fourth-order valence-electron chi connectivity index (χ4n) is 1.91. The zero-order chi connectivity index (χ0) is 11.5. The normalized spacial score (nSPS) is 28.6. The van der Waals surface area contributed by atoms with E-state index in [2.05, 4.69) is 0 Å². The molecule has 0 spiro atoms. The summed E-state index contributed by atoms with van der Waals surface area (Å²) >= 11 is 0. The first-order chi connectivity index (χ1) is 6.95. The molecule has 0 aromatic carbocycles. The Morgan fingerprint density at radius 3 is 2.47 bits per heavy atom. The number of alkyl halides is 3. The zero-order valence-electron chi connectivity index (χ0n) is 8.56. The van der Waals surface area contributed by atoms with Crippen LogP contribution < -0.4 is 5.73 Å². The molecular formula is C9H17F3N2O. The summed E-state index contributed by atoms with van der Waals surface area (Å²) in [5.74, 6) is 0. The van der Waals surface area contributed by atoms with E-state index in [0.717, 1.165) is 0 Å². The molecule has 0 amide bonds. The van der Waals surface area contributed by atoms with Gasteiger partial charge in [0.2, 0.25) is 0 Å². The van der Waals surface area contributed by atoms with E-state index >= 15 is 0 Å². The molecule has 1 fully saturated rings. The van der Waals surface area contributed by atoms with Gasteiger partial charge in [-0.15, -0.1) is 0 Å². The minimum atomic E-state index is -4.32. The second kappa shape index (κ2) is 4.67. The van der Waals surface area contributed by atoms with Crippen molar-refractivity contribution in [1.29, 1.82) is 0 Å². The highest BCUT2D eigenvalue weighted by Crippen LogP contribution is 2.44. The van der Waals surface area contributed by atoms with E-state index in [1.54, 1.807) is 4.90 Å². The van der Waals surface area contributed by atoms with Crippen molar-refractivity contribution in [3.63, 3.8) is 0 Å². The lowest BCUT2D eigenvalue weighted by Crippen LogP contribution is -2.43. The molecule has 0 aromatic rings.